The lowest BCUT2D eigenvalue weighted by Crippen LogP contribution is -2.47. The molecule has 0 aromatic heterocycles. The lowest BCUT2D eigenvalue weighted by atomic mass is 9.99. The van der Waals surface area contributed by atoms with E-state index < -0.39 is 37.9 Å². The third-order valence-corrected chi connectivity index (χ3v) is 7.33. The first-order chi connectivity index (χ1) is 16.1. The average Bonchev–Trinajstić information content (AvgIpc) is 3.02. The largest absolute Gasteiger partial charge is 0.480 e. The van der Waals surface area contributed by atoms with Crippen molar-refractivity contribution in [2.24, 2.45) is 0 Å². The molecular formula is C25H30N2O6Si. The summed E-state index contributed by atoms with van der Waals surface area (Å²) in [6.45, 7) is 6.79. The molecule has 0 radical (unpaired) electrons. The molecule has 180 valence electrons. The quantitative estimate of drug-likeness (QED) is 0.288. The number of hydrogen-bond acceptors (Lipinski definition) is 6. The number of nitrogens with zero attached hydrogens (tertiary/aromatic N) is 1. The Labute approximate surface area is 199 Å². The second-order valence-corrected chi connectivity index (χ2v) is 15.1. The number of imide groups is 1. The summed E-state index contributed by atoms with van der Waals surface area (Å²) in [5, 5.41) is 11.7. The second-order valence-electron chi connectivity index (χ2n) is 9.49. The van der Waals surface area contributed by atoms with Crippen LogP contribution >= 0.6 is 0 Å². The Balaban J connectivity index is 1.88. The number of benzene rings is 2. The molecule has 2 N–H and O–H groups in total. The van der Waals surface area contributed by atoms with Gasteiger partial charge in [-0.05, 0) is 29.3 Å². The SMILES string of the molecule is C[Si](C)(C)CCOC(=O)C(Cc1ccccc1CNCC(=O)O)N1C(=O)c2ccccc2C1=O. The highest BCUT2D eigenvalue weighted by Gasteiger charge is 2.43. The maximum atomic E-state index is 13.2. The van der Waals surface area contributed by atoms with Gasteiger partial charge < -0.3 is 15.2 Å². The van der Waals surface area contributed by atoms with E-state index in [1.54, 1.807) is 36.4 Å². The van der Waals surface area contributed by atoms with E-state index in [1.165, 1.54) is 0 Å². The molecule has 0 saturated heterocycles. The predicted molar refractivity (Wildman–Crippen MR) is 129 cm³/mol. The van der Waals surface area contributed by atoms with Crippen LogP contribution < -0.4 is 5.32 Å². The van der Waals surface area contributed by atoms with Crippen molar-refractivity contribution in [2.45, 2.75) is 44.7 Å². The smallest absolute Gasteiger partial charge is 0.329 e. The number of aliphatic carboxylic acids is 1. The molecular weight excluding hydrogens is 452 g/mol. The van der Waals surface area contributed by atoms with E-state index in [9.17, 15) is 19.2 Å². The van der Waals surface area contributed by atoms with Crippen molar-refractivity contribution in [2.75, 3.05) is 13.2 Å². The standard InChI is InChI=1S/C25H30N2O6Si/c1-34(2,3)13-12-33-25(32)21(27-23(30)19-10-6-7-11-20(19)24(27)31)14-17-8-4-5-9-18(17)15-26-16-22(28)29/h4-11,21,26H,12-16H2,1-3H3,(H,28,29). The molecule has 1 aliphatic rings. The van der Waals surface area contributed by atoms with E-state index in [0.29, 0.717) is 0 Å². The molecule has 2 amide bonds. The van der Waals surface area contributed by atoms with E-state index in [2.05, 4.69) is 25.0 Å². The van der Waals surface area contributed by atoms with E-state index in [0.717, 1.165) is 22.1 Å². The first-order valence-electron chi connectivity index (χ1n) is 11.2. The second kappa shape index (κ2) is 10.7. The van der Waals surface area contributed by atoms with Gasteiger partial charge in [-0.15, -0.1) is 0 Å². The van der Waals surface area contributed by atoms with Crippen LogP contribution in [-0.2, 0) is 27.3 Å². The molecule has 1 unspecified atom stereocenters. The van der Waals surface area contributed by atoms with Crippen LogP contribution in [0, 0.1) is 0 Å². The number of esters is 1. The molecule has 8 nitrogen and oxygen atoms in total. The minimum Gasteiger partial charge on any atom is -0.480 e. The monoisotopic (exact) mass is 482 g/mol. The predicted octanol–water partition coefficient (Wildman–Crippen LogP) is 2.95. The Morgan fingerprint density at radius 1 is 0.971 bits per heavy atom. The molecule has 0 fully saturated rings. The lowest BCUT2D eigenvalue weighted by Gasteiger charge is -2.26. The van der Waals surface area contributed by atoms with Crippen LogP contribution in [0.2, 0.25) is 25.7 Å². The molecule has 1 heterocycles. The normalized spacial score (nSPS) is 14.1. The summed E-state index contributed by atoms with van der Waals surface area (Å²) in [4.78, 5) is 51.4. The summed E-state index contributed by atoms with van der Waals surface area (Å²) in [6, 6.07) is 13.4. The number of hydrogen-bond donors (Lipinski definition) is 2. The number of carboxylic acids is 1. The van der Waals surface area contributed by atoms with Crippen molar-refractivity contribution < 1.29 is 29.0 Å². The van der Waals surface area contributed by atoms with Gasteiger partial charge in [0.2, 0.25) is 0 Å². The van der Waals surface area contributed by atoms with Crippen molar-refractivity contribution in [3.8, 4) is 0 Å². The molecule has 0 saturated carbocycles. The van der Waals surface area contributed by atoms with Gasteiger partial charge in [0, 0.05) is 21.0 Å². The fraction of sp³-hybridized carbons (Fsp3) is 0.360. The Hall–Kier alpha value is -3.30. The summed E-state index contributed by atoms with van der Waals surface area (Å²) in [5.74, 6) is -2.64. The minimum atomic E-state index is -1.46. The van der Waals surface area contributed by atoms with Gasteiger partial charge in [0.25, 0.3) is 11.8 Å². The van der Waals surface area contributed by atoms with Crippen LogP contribution in [0.1, 0.15) is 31.8 Å². The van der Waals surface area contributed by atoms with E-state index in [1.807, 2.05) is 12.1 Å². The molecule has 2 aromatic carbocycles. The van der Waals surface area contributed by atoms with Crippen molar-refractivity contribution >= 4 is 31.8 Å². The van der Waals surface area contributed by atoms with Gasteiger partial charge in [-0.1, -0.05) is 56.0 Å². The van der Waals surface area contributed by atoms with E-state index in [4.69, 9.17) is 9.84 Å². The molecule has 0 aliphatic carbocycles. The highest BCUT2D eigenvalue weighted by Crippen LogP contribution is 2.27. The summed E-state index contributed by atoms with van der Waals surface area (Å²) in [7, 11) is -1.46. The highest BCUT2D eigenvalue weighted by molar-refractivity contribution is 6.76. The summed E-state index contributed by atoms with van der Waals surface area (Å²) < 4.78 is 5.57. The summed E-state index contributed by atoms with van der Waals surface area (Å²) in [6.07, 6.45) is 0.0716. The Morgan fingerprint density at radius 2 is 1.53 bits per heavy atom. The fourth-order valence-corrected chi connectivity index (χ4v) is 4.48. The lowest BCUT2D eigenvalue weighted by molar-refractivity contribution is -0.147. The first kappa shape index (κ1) is 25.3. The number of fused-ring (bicyclic) bond motifs is 1. The van der Waals surface area contributed by atoms with Gasteiger partial charge >= 0.3 is 11.9 Å². The van der Waals surface area contributed by atoms with Gasteiger partial charge in [0.05, 0.1) is 24.3 Å². The number of carboxylic acid groups (broad SMARTS) is 1. The van der Waals surface area contributed by atoms with Crippen molar-refractivity contribution in [1.29, 1.82) is 0 Å². The third-order valence-electron chi connectivity index (χ3n) is 5.63. The molecule has 34 heavy (non-hydrogen) atoms. The minimum absolute atomic E-state index is 0.0716. The van der Waals surface area contributed by atoms with Crippen LogP contribution in [0.5, 0.6) is 0 Å². The zero-order chi connectivity index (χ0) is 24.9. The number of nitrogens with one attached hydrogen (secondary N) is 1. The van der Waals surface area contributed by atoms with E-state index in [-0.39, 0.29) is 37.2 Å². The van der Waals surface area contributed by atoms with Crippen LogP contribution in [0.25, 0.3) is 0 Å². The molecule has 1 aliphatic heterocycles. The van der Waals surface area contributed by atoms with Gasteiger partial charge in [-0.25, -0.2) is 4.79 Å². The Kier molecular flexibility index (Phi) is 8.01. The molecule has 3 rings (SSSR count). The molecule has 9 heteroatoms. The average molecular weight is 483 g/mol. The first-order valence-corrected chi connectivity index (χ1v) is 14.9. The van der Waals surface area contributed by atoms with Crippen molar-refractivity contribution in [3.63, 3.8) is 0 Å². The summed E-state index contributed by atoms with van der Waals surface area (Å²) in [5.41, 5.74) is 2.04. The summed E-state index contributed by atoms with van der Waals surface area (Å²) >= 11 is 0. The van der Waals surface area contributed by atoms with Crippen LogP contribution in [-0.4, -0.2) is 61.0 Å². The Bertz CT molecular complexity index is 1060. The number of ether oxygens (including phenoxy) is 1. The van der Waals surface area contributed by atoms with Gasteiger partial charge in [-0.2, -0.15) is 0 Å². The molecule has 1 atom stereocenters. The van der Waals surface area contributed by atoms with Crippen LogP contribution in [0.15, 0.2) is 48.5 Å². The number of carbonyl (C=O) groups excluding carboxylic acids is 3. The Morgan fingerprint density at radius 3 is 2.09 bits per heavy atom. The zero-order valence-corrected chi connectivity index (χ0v) is 20.7. The van der Waals surface area contributed by atoms with Gasteiger partial charge in [0.1, 0.15) is 6.04 Å². The molecule has 0 bridgehead atoms. The highest BCUT2D eigenvalue weighted by atomic mass is 28.3. The van der Waals surface area contributed by atoms with Crippen LogP contribution in [0.3, 0.4) is 0 Å². The number of rotatable bonds is 11. The van der Waals surface area contributed by atoms with E-state index >= 15 is 0 Å². The third kappa shape index (κ3) is 6.18. The zero-order valence-electron chi connectivity index (χ0n) is 19.7. The maximum Gasteiger partial charge on any atom is 0.329 e. The van der Waals surface area contributed by atoms with Gasteiger partial charge in [-0.3, -0.25) is 19.3 Å². The molecule has 2 aromatic rings. The maximum absolute atomic E-state index is 13.2. The topological polar surface area (TPSA) is 113 Å². The number of carbonyl (C=O) groups is 4. The van der Waals surface area contributed by atoms with Crippen LogP contribution in [0.4, 0.5) is 0 Å². The fourth-order valence-electron chi connectivity index (χ4n) is 3.77. The van der Waals surface area contributed by atoms with Gasteiger partial charge in [0.15, 0.2) is 0 Å². The number of amides is 2. The van der Waals surface area contributed by atoms with Crippen molar-refractivity contribution in [1.82, 2.24) is 10.2 Å². The van der Waals surface area contributed by atoms with Crippen molar-refractivity contribution in [3.05, 3.63) is 70.8 Å². The molecule has 0 spiro atoms.